The molecule has 1 heterocycles. The van der Waals surface area contributed by atoms with Gasteiger partial charge >= 0.3 is 5.97 Å². The van der Waals surface area contributed by atoms with Crippen molar-refractivity contribution in [1.82, 2.24) is 15.8 Å². The van der Waals surface area contributed by atoms with Crippen molar-refractivity contribution in [2.24, 2.45) is 0 Å². The second-order valence-corrected chi connectivity index (χ2v) is 4.67. The van der Waals surface area contributed by atoms with Crippen molar-refractivity contribution in [3.8, 4) is 0 Å². The zero-order chi connectivity index (χ0) is 15.9. The van der Waals surface area contributed by atoms with Gasteiger partial charge in [-0.05, 0) is 18.6 Å². The highest BCUT2D eigenvalue weighted by Crippen LogP contribution is 2.12. The molecule has 0 unspecified atom stereocenters. The minimum atomic E-state index is -0.959. The number of carbonyl (C=O) groups excluding carboxylic acids is 2. The van der Waals surface area contributed by atoms with Gasteiger partial charge in [0.15, 0.2) is 0 Å². The van der Waals surface area contributed by atoms with Gasteiger partial charge in [0.05, 0.1) is 11.1 Å². The van der Waals surface area contributed by atoms with Crippen molar-refractivity contribution < 1.29 is 19.5 Å². The van der Waals surface area contributed by atoms with Gasteiger partial charge in [-0.15, -0.1) is 0 Å². The van der Waals surface area contributed by atoms with Crippen LogP contribution < -0.4 is 10.9 Å². The lowest BCUT2D eigenvalue weighted by atomic mass is 10.1. The Labute approximate surface area is 126 Å². The zero-order valence-corrected chi connectivity index (χ0v) is 11.7. The molecule has 114 valence electrons. The number of nitrogens with zero attached hydrogens (tertiary/aromatic N) is 1. The van der Waals surface area contributed by atoms with Crippen molar-refractivity contribution in [2.75, 3.05) is 0 Å². The summed E-state index contributed by atoms with van der Waals surface area (Å²) in [7, 11) is 0. The molecule has 0 aliphatic carbocycles. The molecule has 2 rings (SSSR count). The Hall–Kier alpha value is -2.96. The lowest BCUT2D eigenvalue weighted by molar-refractivity contribution is -0.137. The van der Waals surface area contributed by atoms with Gasteiger partial charge in [0.1, 0.15) is 0 Å². The predicted octanol–water partition coefficient (Wildman–Crippen LogP) is 1.25. The highest BCUT2D eigenvalue weighted by atomic mass is 16.4. The van der Waals surface area contributed by atoms with Gasteiger partial charge in [0.2, 0.25) is 5.91 Å². The number of carboxylic acids is 1. The Kier molecular flexibility index (Phi) is 5.02. The molecule has 2 aromatic rings. The molecule has 0 radical (unpaired) electrons. The molecule has 3 N–H and O–H groups in total. The Morgan fingerprint density at radius 3 is 2.64 bits per heavy atom. The maximum absolute atomic E-state index is 11.9. The number of amides is 2. The van der Waals surface area contributed by atoms with Crippen LogP contribution in [0.3, 0.4) is 0 Å². The van der Waals surface area contributed by atoms with E-state index in [0.717, 1.165) is 10.9 Å². The third-order valence-corrected chi connectivity index (χ3v) is 2.96. The van der Waals surface area contributed by atoms with Gasteiger partial charge in [0.25, 0.3) is 5.91 Å². The number of hydrogen-bond acceptors (Lipinski definition) is 4. The summed E-state index contributed by atoms with van der Waals surface area (Å²) in [6, 6.07) is 9.04. The van der Waals surface area contributed by atoms with Gasteiger partial charge in [-0.1, -0.05) is 18.2 Å². The molecular formula is C15H15N3O4. The van der Waals surface area contributed by atoms with Crippen molar-refractivity contribution in [3.05, 3.63) is 42.1 Å². The molecule has 0 aliphatic heterocycles. The van der Waals surface area contributed by atoms with Crippen LogP contribution in [0.5, 0.6) is 0 Å². The van der Waals surface area contributed by atoms with Gasteiger partial charge < -0.3 is 5.11 Å². The van der Waals surface area contributed by atoms with E-state index >= 15 is 0 Å². The fraction of sp³-hybridized carbons (Fsp3) is 0.200. The molecule has 0 saturated heterocycles. The van der Waals surface area contributed by atoms with Crippen LogP contribution in [-0.4, -0.2) is 27.9 Å². The molecule has 0 atom stereocenters. The summed E-state index contributed by atoms with van der Waals surface area (Å²) in [5.41, 5.74) is 5.62. The van der Waals surface area contributed by atoms with Crippen LogP contribution in [0.15, 0.2) is 36.5 Å². The fourth-order valence-electron chi connectivity index (χ4n) is 1.86. The monoisotopic (exact) mass is 301 g/mol. The number of benzene rings is 1. The third kappa shape index (κ3) is 4.27. The van der Waals surface area contributed by atoms with E-state index in [0.29, 0.717) is 5.56 Å². The number of carboxylic acid groups (broad SMARTS) is 1. The number of carbonyl (C=O) groups is 3. The molecule has 0 aliphatic rings. The Morgan fingerprint density at radius 2 is 1.86 bits per heavy atom. The van der Waals surface area contributed by atoms with E-state index in [9.17, 15) is 14.4 Å². The summed E-state index contributed by atoms with van der Waals surface area (Å²) in [6.45, 7) is 0. The molecule has 0 bridgehead atoms. The predicted molar refractivity (Wildman–Crippen MR) is 78.8 cm³/mol. The van der Waals surface area contributed by atoms with Crippen LogP contribution in [0.25, 0.3) is 10.9 Å². The number of aliphatic carboxylic acids is 1. The summed E-state index contributed by atoms with van der Waals surface area (Å²) in [5, 5.41) is 9.29. The normalized spacial score (nSPS) is 10.2. The molecule has 1 aromatic heterocycles. The lowest BCUT2D eigenvalue weighted by Gasteiger charge is -2.07. The summed E-state index contributed by atoms with van der Waals surface area (Å²) >= 11 is 0. The van der Waals surface area contributed by atoms with E-state index in [1.54, 1.807) is 6.07 Å². The average Bonchev–Trinajstić information content (AvgIpc) is 2.51. The van der Waals surface area contributed by atoms with E-state index < -0.39 is 17.8 Å². The highest BCUT2D eigenvalue weighted by Gasteiger charge is 2.09. The van der Waals surface area contributed by atoms with E-state index in [1.807, 2.05) is 24.3 Å². The van der Waals surface area contributed by atoms with Gasteiger partial charge in [-0.2, -0.15) is 0 Å². The quantitative estimate of drug-likeness (QED) is 0.720. The molecule has 7 nitrogen and oxygen atoms in total. The molecule has 7 heteroatoms. The largest absolute Gasteiger partial charge is 0.481 e. The molecule has 1 aromatic carbocycles. The number of pyridine rings is 1. The first kappa shape index (κ1) is 15.4. The number of hydrazine groups is 1. The van der Waals surface area contributed by atoms with Gasteiger partial charge in [-0.3, -0.25) is 30.2 Å². The fourth-order valence-corrected chi connectivity index (χ4v) is 1.86. The van der Waals surface area contributed by atoms with E-state index in [2.05, 4.69) is 15.8 Å². The van der Waals surface area contributed by atoms with Crippen LogP contribution in [0.2, 0.25) is 0 Å². The summed E-state index contributed by atoms with van der Waals surface area (Å²) in [6.07, 6.45) is 1.58. The molecule has 2 amide bonds. The van der Waals surface area contributed by atoms with Crippen LogP contribution in [-0.2, 0) is 9.59 Å². The van der Waals surface area contributed by atoms with Crippen LogP contribution in [0.1, 0.15) is 29.6 Å². The minimum absolute atomic E-state index is 0.0303. The van der Waals surface area contributed by atoms with Crippen molar-refractivity contribution in [1.29, 1.82) is 0 Å². The topological polar surface area (TPSA) is 108 Å². The smallest absolute Gasteiger partial charge is 0.303 e. The molecular weight excluding hydrogens is 286 g/mol. The third-order valence-electron chi connectivity index (χ3n) is 2.96. The number of aromatic nitrogens is 1. The van der Waals surface area contributed by atoms with Crippen LogP contribution in [0.4, 0.5) is 0 Å². The SMILES string of the molecule is O=C(O)CCCC(=O)NNC(=O)c1cnc2ccccc2c1. The number of para-hydroxylation sites is 1. The minimum Gasteiger partial charge on any atom is -0.481 e. The Bertz CT molecular complexity index is 715. The van der Waals surface area contributed by atoms with E-state index in [-0.39, 0.29) is 19.3 Å². The Morgan fingerprint density at radius 1 is 1.09 bits per heavy atom. The first-order chi connectivity index (χ1) is 10.6. The highest BCUT2D eigenvalue weighted by molar-refractivity contribution is 5.98. The maximum atomic E-state index is 11.9. The van der Waals surface area contributed by atoms with Crippen molar-refractivity contribution in [3.63, 3.8) is 0 Å². The average molecular weight is 301 g/mol. The summed E-state index contributed by atoms with van der Waals surface area (Å²) in [5.74, 6) is -1.88. The number of rotatable bonds is 5. The molecule has 0 fully saturated rings. The molecule has 0 spiro atoms. The van der Waals surface area contributed by atoms with Gasteiger partial charge in [-0.25, -0.2) is 0 Å². The van der Waals surface area contributed by atoms with Crippen molar-refractivity contribution in [2.45, 2.75) is 19.3 Å². The number of hydrogen-bond donors (Lipinski definition) is 3. The molecule has 0 saturated carbocycles. The summed E-state index contributed by atoms with van der Waals surface area (Å²) < 4.78 is 0. The first-order valence-corrected chi connectivity index (χ1v) is 6.72. The van der Waals surface area contributed by atoms with E-state index in [4.69, 9.17) is 5.11 Å². The number of fused-ring (bicyclic) bond motifs is 1. The second-order valence-electron chi connectivity index (χ2n) is 4.67. The van der Waals surface area contributed by atoms with Crippen molar-refractivity contribution >= 4 is 28.7 Å². The standard InChI is InChI=1S/C15H15N3O4/c19-13(6-3-7-14(20)21)17-18-15(22)11-8-10-4-1-2-5-12(10)16-9-11/h1-2,4-5,8-9H,3,6-7H2,(H,17,19)(H,18,22)(H,20,21). The molecule has 22 heavy (non-hydrogen) atoms. The maximum Gasteiger partial charge on any atom is 0.303 e. The summed E-state index contributed by atoms with van der Waals surface area (Å²) in [4.78, 5) is 37.8. The van der Waals surface area contributed by atoms with E-state index in [1.165, 1.54) is 6.20 Å². The first-order valence-electron chi connectivity index (χ1n) is 6.72. The van der Waals surface area contributed by atoms with Gasteiger partial charge in [0, 0.05) is 24.4 Å². The van der Waals surface area contributed by atoms with Crippen LogP contribution in [0, 0.1) is 0 Å². The zero-order valence-electron chi connectivity index (χ0n) is 11.7. The van der Waals surface area contributed by atoms with Crippen LogP contribution >= 0.6 is 0 Å². The lowest BCUT2D eigenvalue weighted by Crippen LogP contribution is -2.41. The number of nitrogens with one attached hydrogen (secondary N) is 2. The Balaban J connectivity index is 1.88. The second kappa shape index (κ2) is 7.16.